The molecule has 1 heterocycles. The average molecular weight is 368 g/mol. The number of carbonyl (C=O) groups excluding carboxylic acids is 2. The highest BCUT2D eigenvalue weighted by atomic mass is 79.9. The van der Waals surface area contributed by atoms with Crippen LogP contribution in [0.5, 0.6) is 0 Å². The second-order valence-electron chi connectivity index (χ2n) is 5.70. The van der Waals surface area contributed by atoms with E-state index < -0.39 is 0 Å². The van der Waals surface area contributed by atoms with Gasteiger partial charge in [0.15, 0.2) is 0 Å². The summed E-state index contributed by atoms with van der Waals surface area (Å²) in [5.74, 6) is 0.156. The Labute approximate surface area is 139 Å². The molecule has 0 radical (unpaired) electrons. The molecule has 1 aliphatic rings. The third-order valence-electron chi connectivity index (χ3n) is 3.82. The molecule has 1 saturated heterocycles. The summed E-state index contributed by atoms with van der Waals surface area (Å²) < 4.78 is 0.952. The summed E-state index contributed by atoms with van der Waals surface area (Å²) in [6.45, 7) is 4.26. The normalized spacial score (nSPS) is 16.5. The largest absolute Gasteiger partial charge is 0.339 e. The van der Waals surface area contributed by atoms with Crippen LogP contribution < -0.4 is 5.73 Å². The van der Waals surface area contributed by atoms with Gasteiger partial charge in [0.05, 0.1) is 0 Å². The lowest BCUT2D eigenvalue weighted by Gasteiger charge is -2.35. The van der Waals surface area contributed by atoms with Gasteiger partial charge in [-0.25, -0.2) is 0 Å². The minimum atomic E-state index is 0.0233. The van der Waals surface area contributed by atoms with E-state index in [1.807, 2.05) is 36.1 Å². The SMILES string of the molecule is CC(N)CCC(=O)N1CCN(C(=O)c2ccc(Br)cc2)CC1. The predicted molar refractivity (Wildman–Crippen MR) is 89.5 cm³/mol. The molecule has 0 aromatic heterocycles. The van der Waals surface area contributed by atoms with Crippen molar-refractivity contribution in [3.05, 3.63) is 34.3 Å². The Morgan fingerprint density at radius 1 is 1.14 bits per heavy atom. The van der Waals surface area contributed by atoms with Crippen LogP contribution in [0.2, 0.25) is 0 Å². The maximum absolute atomic E-state index is 12.4. The van der Waals surface area contributed by atoms with Crippen molar-refractivity contribution in [2.75, 3.05) is 26.2 Å². The molecule has 1 aliphatic heterocycles. The number of amides is 2. The molecule has 1 aromatic carbocycles. The number of carbonyl (C=O) groups is 2. The molecule has 0 spiro atoms. The molecule has 22 heavy (non-hydrogen) atoms. The van der Waals surface area contributed by atoms with E-state index in [0.717, 1.165) is 4.47 Å². The van der Waals surface area contributed by atoms with E-state index in [0.29, 0.717) is 44.6 Å². The van der Waals surface area contributed by atoms with Gasteiger partial charge in [-0.1, -0.05) is 15.9 Å². The molecule has 0 saturated carbocycles. The average Bonchev–Trinajstić information content (AvgIpc) is 2.53. The molecule has 1 atom stereocenters. The van der Waals surface area contributed by atoms with Crippen LogP contribution in [-0.4, -0.2) is 53.8 Å². The fourth-order valence-electron chi connectivity index (χ4n) is 2.44. The summed E-state index contributed by atoms with van der Waals surface area (Å²) in [5.41, 5.74) is 6.36. The van der Waals surface area contributed by atoms with Crippen molar-refractivity contribution in [1.82, 2.24) is 9.80 Å². The zero-order chi connectivity index (χ0) is 16.1. The molecule has 2 N–H and O–H groups in total. The fraction of sp³-hybridized carbons (Fsp3) is 0.500. The van der Waals surface area contributed by atoms with Gasteiger partial charge in [0.1, 0.15) is 0 Å². The van der Waals surface area contributed by atoms with Crippen molar-refractivity contribution in [3.63, 3.8) is 0 Å². The van der Waals surface area contributed by atoms with Crippen molar-refractivity contribution >= 4 is 27.7 Å². The van der Waals surface area contributed by atoms with E-state index in [9.17, 15) is 9.59 Å². The van der Waals surface area contributed by atoms with Crippen LogP contribution in [-0.2, 0) is 4.79 Å². The van der Waals surface area contributed by atoms with Crippen molar-refractivity contribution in [2.24, 2.45) is 5.73 Å². The molecular formula is C16H22BrN3O2. The highest BCUT2D eigenvalue weighted by molar-refractivity contribution is 9.10. The molecule has 1 unspecified atom stereocenters. The third kappa shape index (κ3) is 4.55. The van der Waals surface area contributed by atoms with Crippen molar-refractivity contribution in [2.45, 2.75) is 25.8 Å². The third-order valence-corrected chi connectivity index (χ3v) is 4.35. The van der Waals surface area contributed by atoms with Crippen molar-refractivity contribution < 1.29 is 9.59 Å². The Balaban J connectivity index is 1.85. The molecule has 2 amide bonds. The quantitative estimate of drug-likeness (QED) is 0.882. The first-order valence-electron chi connectivity index (χ1n) is 7.55. The number of piperazine rings is 1. The number of halogens is 1. The van der Waals surface area contributed by atoms with Gasteiger partial charge in [-0.15, -0.1) is 0 Å². The van der Waals surface area contributed by atoms with Crippen LogP contribution in [0.3, 0.4) is 0 Å². The summed E-state index contributed by atoms with van der Waals surface area (Å²) in [6, 6.07) is 7.39. The number of nitrogens with two attached hydrogens (primary N) is 1. The lowest BCUT2D eigenvalue weighted by atomic mass is 10.1. The Morgan fingerprint density at radius 2 is 1.68 bits per heavy atom. The molecular weight excluding hydrogens is 346 g/mol. The molecule has 1 fully saturated rings. The zero-order valence-corrected chi connectivity index (χ0v) is 14.4. The number of hydrogen-bond acceptors (Lipinski definition) is 3. The maximum atomic E-state index is 12.4. The number of rotatable bonds is 4. The first-order valence-corrected chi connectivity index (χ1v) is 8.35. The summed E-state index contributed by atoms with van der Waals surface area (Å²) in [4.78, 5) is 28.1. The highest BCUT2D eigenvalue weighted by Gasteiger charge is 2.24. The summed E-state index contributed by atoms with van der Waals surface area (Å²) >= 11 is 3.36. The van der Waals surface area contributed by atoms with E-state index in [4.69, 9.17) is 5.73 Å². The van der Waals surface area contributed by atoms with Gasteiger partial charge >= 0.3 is 0 Å². The molecule has 1 aromatic rings. The van der Waals surface area contributed by atoms with E-state index in [1.165, 1.54) is 0 Å². The fourth-order valence-corrected chi connectivity index (χ4v) is 2.71. The van der Waals surface area contributed by atoms with E-state index in [1.54, 1.807) is 4.90 Å². The van der Waals surface area contributed by atoms with Crippen molar-refractivity contribution in [3.8, 4) is 0 Å². The number of nitrogens with zero attached hydrogens (tertiary/aromatic N) is 2. The van der Waals surface area contributed by atoms with Gasteiger partial charge in [0, 0.05) is 48.7 Å². The highest BCUT2D eigenvalue weighted by Crippen LogP contribution is 2.14. The second kappa shape index (κ2) is 7.74. The monoisotopic (exact) mass is 367 g/mol. The summed E-state index contributed by atoms with van der Waals surface area (Å²) in [5, 5.41) is 0. The number of benzene rings is 1. The van der Waals surface area contributed by atoms with E-state index in [2.05, 4.69) is 15.9 Å². The first-order chi connectivity index (χ1) is 10.5. The minimum absolute atomic E-state index is 0.0233. The Bertz CT molecular complexity index is 523. The smallest absolute Gasteiger partial charge is 0.253 e. The standard InChI is InChI=1S/C16H22BrN3O2/c1-12(18)2-7-15(21)19-8-10-20(11-9-19)16(22)13-3-5-14(17)6-4-13/h3-6,12H,2,7-11,18H2,1H3. The molecule has 6 heteroatoms. The molecule has 0 bridgehead atoms. The predicted octanol–water partition coefficient (Wildman–Crippen LogP) is 1.86. The second-order valence-corrected chi connectivity index (χ2v) is 6.61. The first kappa shape index (κ1) is 17.0. The lowest BCUT2D eigenvalue weighted by Crippen LogP contribution is -2.50. The van der Waals surface area contributed by atoms with Gasteiger partial charge < -0.3 is 15.5 Å². The van der Waals surface area contributed by atoms with Gasteiger partial charge in [-0.3, -0.25) is 9.59 Å². The molecule has 5 nitrogen and oxygen atoms in total. The Kier molecular flexibility index (Phi) is 5.97. The minimum Gasteiger partial charge on any atom is -0.339 e. The van der Waals surface area contributed by atoms with E-state index in [-0.39, 0.29) is 17.9 Å². The Morgan fingerprint density at radius 3 is 2.23 bits per heavy atom. The Hall–Kier alpha value is -1.40. The van der Waals surface area contributed by atoms with Crippen molar-refractivity contribution in [1.29, 1.82) is 0 Å². The van der Waals surface area contributed by atoms with Gasteiger partial charge in [-0.2, -0.15) is 0 Å². The van der Waals surface area contributed by atoms with Gasteiger partial charge in [0.25, 0.3) is 5.91 Å². The summed E-state index contributed by atoms with van der Waals surface area (Å²) in [7, 11) is 0. The zero-order valence-electron chi connectivity index (χ0n) is 12.8. The van der Waals surface area contributed by atoms with Crippen LogP contribution in [0.1, 0.15) is 30.1 Å². The molecule has 2 rings (SSSR count). The topological polar surface area (TPSA) is 66.6 Å². The van der Waals surface area contributed by atoms with Crippen LogP contribution in [0.15, 0.2) is 28.7 Å². The molecule has 120 valence electrons. The van der Waals surface area contributed by atoms with Gasteiger partial charge in [-0.05, 0) is 37.6 Å². The maximum Gasteiger partial charge on any atom is 0.253 e. The van der Waals surface area contributed by atoms with Gasteiger partial charge in [0.2, 0.25) is 5.91 Å². The van der Waals surface area contributed by atoms with Crippen LogP contribution >= 0.6 is 15.9 Å². The van der Waals surface area contributed by atoms with Crippen LogP contribution in [0, 0.1) is 0 Å². The van der Waals surface area contributed by atoms with Crippen LogP contribution in [0.4, 0.5) is 0 Å². The lowest BCUT2D eigenvalue weighted by molar-refractivity contribution is -0.132. The van der Waals surface area contributed by atoms with Crippen LogP contribution in [0.25, 0.3) is 0 Å². The number of hydrogen-bond donors (Lipinski definition) is 1. The summed E-state index contributed by atoms with van der Waals surface area (Å²) in [6.07, 6.45) is 1.19. The van der Waals surface area contributed by atoms with E-state index >= 15 is 0 Å². The molecule has 0 aliphatic carbocycles.